The number of aromatic nitrogens is 3. The quantitative estimate of drug-likeness (QED) is 0.501. The summed E-state index contributed by atoms with van der Waals surface area (Å²) in [5.41, 5.74) is 0.567. The Labute approximate surface area is 185 Å². The van der Waals surface area contributed by atoms with E-state index < -0.39 is 0 Å². The molecule has 164 valence electrons. The van der Waals surface area contributed by atoms with E-state index in [-0.39, 0.29) is 11.7 Å². The predicted molar refractivity (Wildman–Crippen MR) is 119 cm³/mol. The highest BCUT2D eigenvalue weighted by Crippen LogP contribution is 2.36. The van der Waals surface area contributed by atoms with Crippen molar-refractivity contribution in [1.29, 1.82) is 0 Å². The molecule has 1 N–H and O–H groups in total. The van der Waals surface area contributed by atoms with Gasteiger partial charge in [0.15, 0.2) is 10.9 Å². The van der Waals surface area contributed by atoms with E-state index in [1.54, 1.807) is 38.7 Å². The largest absolute Gasteiger partial charge is 0.497 e. The number of hydrogen-bond acceptors (Lipinski definition) is 7. The van der Waals surface area contributed by atoms with E-state index in [1.807, 2.05) is 12.1 Å². The molecule has 1 amide bonds. The van der Waals surface area contributed by atoms with Gasteiger partial charge < -0.3 is 19.2 Å². The molecular weight excluding hydrogens is 416 g/mol. The first-order valence-corrected chi connectivity index (χ1v) is 11.3. The van der Waals surface area contributed by atoms with Crippen molar-refractivity contribution in [2.24, 2.45) is 0 Å². The molecule has 1 saturated carbocycles. The average Bonchev–Trinajstić information content (AvgIpc) is 3.48. The van der Waals surface area contributed by atoms with E-state index >= 15 is 0 Å². The van der Waals surface area contributed by atoms with Crippen molar-refractivity contribution in [3.8, 4) is 23.1 Å². The summed E-state index contributed by atoms with van der Waals surface area (Å²) in [6, 6.07) is 9.33. The molecule has 4 rings (SSSR count). The number of ether oxygens (including phenoxy) is 2. The van der Waals surface area contributed by atoms with E-state index in [9.17, 15) is 4.79 Å². The van der Waals surface area contributed by atoms with E-state index in [2.05, 4.69) is 20.1 Å². The first kappa shape index (κ1) is 21.3. The number of carbonyl (C=O) groups is 1. The van der Waals surface area contributed by atoms with Crippen molar-refractivity contribution in [1.82, 2.24) is 14.8 Å². The number of furan rings is 1. The van der Waals surface area contributed by atoms with Gasteiger partial charge in [-0.25, -0.2) is 0 Å². The Morgan fingerprint density at radius 1 is 1.19 bits per heavy atom. The molecule has 9 heteroatoms. The van der Waals surface area contributed by atoms with Gasteiger partial charge in [-0.15, -0.1) is 10.2 Å². The third-order valence-electron chi connectivity index (χ3n) is 5.36. The Morgan fingerprint density at radius 3 is 2.74 bits per heavy atom. The van der Waals surface area contributed by atoms with E-state index in [0.717, 1.165) is 18.0 Å². The van der Waals surface area contributed by atoms with Crippen LogP contribution in [0.2, 0.25) is 0 Å². The Balaban J connectivity index is 1.50. The van der Waals surface area contributed by atoms with Crippen molar-refractivity contribution in [3.63, 3.8) is 0 Å². The molecule has 3 aromatic rings. The minimum Gasteiger partial charge on any atom is -0.497 e. The highest BCUT2D eigenvalue weighted by Gasteiger charge is 2.25. The van der Waals surface area contributed by atoms with Crippen LogP contribution in [0.5, 0.6) is 11.5 Å². The van der Waals surface area contributed by atoms with Gasteiger partial charge >= 0.3 is 0 Å². The lowest BCUT2D eigenvalue weighted by Gasteiger charge is -2.25. The van der Waals surface area contributed by atoms with Crippen LogP contribution in [0.4, 0.5) is 5.69 Å². The lowest BCUT2D eigenvalue weighted by atomic mass is 9.95. The highest BCUT2D eigenvalue weighted by molar-refractivity contribution is 7.99. The molecule has 0 radical (unpaired) electrons. The van der Waals surface area contributed by atoms with Crippen LogP contribution in [0.1, 0.15) is 38.1 Å². The molecule has 0 bridgehead atoms. The van der Waals surface area contributed by atoms with Crippen LogP contribution in [0.3, 0.4) is 0 Å². The summed E-state index contributed by atoms with van der Waals surface area (Å²) in [4.78, 5) is 12.7. The number of thioether (sulfide) groups is 1. The first-order valence-electron chi connectivity index (χ1n) is 10.3. The molecule has 0 unspecified atom stereocenters. The number of benzene rings is 1. The first-order chi connectivity index (χ1) is 15.2. The second-order valence-electron chi connectivity index (χ2n) is 7.35. The van der Waals surface area contributed by atoms with Crippen LogP contribution >= 0.6 is 11.8 Å². The summed E-state index contributed by atoms with van der Waals surface area (Å²) in [5, 5.41) is 12.4. The second kappa shape index (κ2) is 9.91. The SMILES string of the molecule is COc1ccc(OC)c(NC(=O)CSc2nnc(-c3ccco3)n2C2CCCCC2)c1. The Morgan fingerprint density at radius 2 is 2.03 bits per heavy atom. The fourth-order valence-electron chi connectivity index (χ4n) is 3.85. The van der Waals surface area contributed by atoms with Crippen molar-refractivity contribution in [2.75, 3.05) is 25.3 Å². The monoisotopic (exact) mass is 442 g/mol. The van der Waals surface area contributed by atoms with Crippen molar-refractivity contribution in [2.45, 2.75) is 43.3 Å². The average molecular weight is 443 g/mol. The van der Waals surface area contributed by atoms with Gasteiger partial charge in [0.1, 0.15) is 11.5 Å². The van der Waals surface area contributed by atoms with Gasteiger partial charge in [-0.1, -0.05) is 31.0 Å². The molecule has 8 nitrogen and oxygen atoms in total. The van der Waals surface area contributed by atoms with Gasteiger partial charge in [0.25, 0.3) is 0 Å². The van der Waals surface area contributed by atoms with Crippen molar-refractivity contribution in [3.05, 3.63) is 36.6 Å². The maximum atomic E-state index is 12.7. The number of rotatable bonds is 8. The van der Waals surface area contributed by atoms with Gasteiger partial charge in [-0.2, -0.15) is 0 Å². The lowest BCUT2D eigenvalue weighted by Crippen LogP contribution is -2.17. The van der Waals surface area contributed by atoms with E-state index in [1.165, 1.54) is 31.0 Å². The standard InChI is InChI=1S/C22H26N4O4S/c1-28-16-10-11-18(29-2)17(13-16)23-20(27)14-31-22-25-24-21(19-9-6-12-30-19)26(22)15-7-4-3-5-8-15/h6,9-13,15H,3-5,7-8,14H2,1-2H3,(H,23,27). The number of amides is 1. The Hall–Kier alpha value is -2.94. The fourth-order valence-corrected chi connectivity index (χ4v) is 4.65. The highest BCUT2D eigenvalue weighted by atomic mass is 32.2. The third-order valence-corrected chi connectivity index (χ3v) is 6.30. The number of nitrogens with zero attached hydrogens (tertiary/aromatic N) is 3. The maximum absolute atomic E-state index is 12.7. The number of anilines is 1. The number of hydrogen-bond donors (Lipinski definition) is 1. The predicted octanol–water partition coefficient (Wildman–Crippen LogP) is 4.79. The number of carbonyl (C=O) groups excluding carboxylic acids is 1. The molecule has 2 heterocycles. The van der Waals surface area contributed by atoms with Crippen molar-refractivity contribution >= 4 is 23.4 Å². The van der Waals surface area contributed by atoms with Gasteiger partial charge in [0.2, 0.25) is 11.7 Å². The molecule has 1 aliphatic rings. The molecular formula is C22H26N4O4S. The molecule has 31 heavy (non-hydrogen) atoms. The molecule has 2 aromatic heterocycles. The molecule has 1 aromatic carbocycles. The normalized spacial score (nSPS) is 14.4. The molecule has 1 aliphatic carbocycles. The Bertz CT molecular complexity index is 1010. The van der Waals surface area contributed by atoms with Crippen LogP contribution in [0.25, 0.3) is 11.6 Å². The van der Waals surface area contributed by atoms with Crippen LogP contribution in [0.15, 0.2) is 46.2 Å². The van der Waals surface area contributed by atoms with Gasteiger partial charge in [-0.3, -0.25) is 9.36 Å². The zero-order valence-corrected chi connectivity index (χ0v) is 18.5. The van der Waals surface area contributed by atoms with Gasteiger partial charge in [0, 0.05) is 12.1 Å². The minimum atomic E-state index is -0.158. The molecule has 0 aliphatic heterocycles. The smallest absolute Gasteiger partial charge is 0.234 e. The topological polar surface area (TPSA) is 91.4 Å². The van der Waals surface area contributed by atoms with Crippen LogP contribution in [-0.2, 0) is 4.79 Å². The molecule has 0 atom stereocenters. The minimum absolute atomic E-state index is 0.158. The summed E-state index contributed by atoms with van der Waals surface area (Å²) < 4.78 is 18.3. The summed E-state index contributed by atoms with van der Waals surface area (Å²) in [7, 11) is 3.15. The summed E-state index contributed by atoms with van der Waals surface area (Å²) in [6.45, 7) is 0. The van der Waals surface area contributed by atoms with Gasteiger partial charge in [0.05, 0.1) is 31.9 Å². The summed E-state index contributed by atoms with van der Waals surface area (Å²) in [5.74, 6) is 2.66. The van der Waals surface area contributed by atoms with Crippen molar-refractivity contribution < 1.29 is 18.7 Å². The van der Waals surface area contributed by atoms with Crippen LogP contribution in [-0.4, -0.2) is 40.6 Å². The van der Waals surface area contributed by atoms with E-state index in [0.29, 0.717) is 34.8 Å². The fraction of sp³-hybridized carbons (Fsp3) is 0.409. The van der Waals surface area contributed by atoms with Gasteiger partial charge in [-0.05, 0) is 37.1 Å². The molecule has 1 fully saturated rings. The van der Waals surface area contributed by atoms with E-state index in [4.69, 9.17) is 13.9 Å². The zero-order valence-electron chi connectivity index (χ0n) is 17.7. The summed E-state index contributed by atoms with van der Waals surface area (Å²) >= 11 is 1.37. The maximum Gasteiger partial charge on any atom is 0.234 e. The second-order valence-corrected chi connectivity index (χ2v) is 8.29. The molecule has 0 spiro atoms. The summed E-state index contributed by atoms with van der Waals surface area (Å²) in [6.07, 6.45) is 7.40. The number of nitrogens with one attached hydrogen (secondary N) is 1. The Kier molecular flexibility index (Phi) is 6.81. The third kappa shape index (κ3) is 4.87. The lowest BCUT2D eigenvalue weighted by molar-refractivity contribution is -0.113. The number of methoxy groups -OCH3 is 2. The molecule has 0 saturated heterocycles. The van der Waals surface area contributed by atoms with Crippen LogP contribution < -0.4 is 14.8 Å². The van der Waals surface area contributed by atoms with Crippen LogP contribution in [0, 0.1) is 0 Å². The zero-order chi connectivity index (χ0) is 21.6.